The molecule has 1 aromatic carbocycles. The molecule has 1 atom stereocenters. The molecule has 0 saturated heterocycles. The second kappa shape index (κ2) is 11.1. The van der Waals surface area contributed by atoms with E-state index in [4.69, 9.17) is 0 Å². The Bertz CT molecular complexity index is 707. The van der Waals surface area contributed by atoms with Crippen LogP contribution in [0.4, 0.5) is 8.78 Å². The number of hydrogen-bond donors (Lipinski definition) is 0. The van der Waals surface area contributed by atoms with Crippen molar-refractivity contribution in [2.75, 3.05) is 0 Å². The van der Waals surface area contributed by atoms with Gasteiger partial charge in [-0.25, -0.2) is 8.78 Å². The van der Waals surface area contributed by atoms with E-state index in [0.29, 0.717) is 17.0 Å². The van der Waals surface area contributed by atoms with E-state index in [1.807, 2.05) is 6.08 Å². The maximum absolute atomic E-state index is 14.7. The normalized spacial score (nSPS) is 25.4. The van der Waals surface area contributed by atoms with Crippen molar-refractivity contribution in [3.63, 3.8) is 0 Å². The predicted octanol–water partition coefficient (Wildman–Crippen LogP) is 8.96. The molecule has 160 valence electrons. The van der Waals surface area contributed by atoms with E-state index in [1.165, 1.54) is 44.9 Å². The Morgan fingerprint density at radius 2 is 1.62 bits per heavy atom. The number of halogens is 2. The number of hydrogen-bond acceptors (Lipinski definition) is 0. The van der Waals surface area contributed by atoms with Gasteiger partial charge in [-0.05, 0) is 55.4 Å². The molecule has 2 heteroatoms. The standard InChI is InChI=1S/C27H38F2/c1-3-7-21-10-12-22(13-11-21)8-5-6-9-24-18-19-25(27(29)26(24)28)23-16-14-20(4-2)15-17-23/h6,9,16,18-22H,3-5,7-8,10-15,17H2,1-2H3. The summed E-state index contributed by atoms with van der Waals surface area (Å²) in [6.45, 7) is 4.47. The lowest BCUT2D eigenvalue weighted by atomic mass is 9.78. The lowest BCUT2D eigenvalue weighted by Crippen LogP contribution is -2.14. The molecule has 1 saturated carbocycles. The van der Waals surface area contributed by atoms with Crippen molar-refractivity contribution in [1.82, 2.24) is 0 Å². The van der Waals surface area contributed by atoms with Gasteiger partial charge in [-0.3, -0.25) is 0 Å². The van der Waals surface area contributed by atoms with Gasteiger partial charge < -0.3 is 0 Å². The van der Waals surface area contributed by atoms with Gasteiger partial charge in [0.2, 0.25) is 0 Å². The fourth-order valence-corrected chi connectivity index (χ4v) is 5.20. The topological polar surface area (TPSA) is 0 Å². The average Bonchev–Trinajstić information content (AvgIpc) is 2.75. The molecule has 0 bridgehead atoms. The van der Waals surface area contributed by atoms with Crippen LogP contribution in [-0.2, 0) is 0 Å². The molecule has 0 heterocycles. The summed E-state index contributed by atoms with van der Waals surface area (Å²) in [5.41, 5.74) is 1.80. The van der Waals surface area contributed by atoms with E-state index in [-0.39, 0.29) is 0 Å². The van der Waals surface area contributed by atoms with E-state index in [9.17, 15) is 8.78 Å². The first kappa shape index (κ1) is 22.2. The first-order chi connectivity index (χ1) is 14.1. The Labute approximate surface area is 176 Å². The van der Waals surface area contributed by atoms with Crippen LogP contribution < -0.4 is 0 Å². The highest BCUT2D eigenvalue weighted by molar-refractivity contribution is 5.68. The molecule has 0 radical (unpaired) electrons. The van der Waals surface area contributed by atoms with E-state index < -0.39 is 11.6 Å². The van der Waals surface area contributed by atoms with Crippen molar-refractivity contribution in [3.8, 4) is 0 Å². The van der Waals surface area contributed by atoms with E-state index in [0.717, 1.165) is 49.5 Å². The quantitative estimate of drug-likeness (QED) is 0.408. The molecule has 1 aromatic rings. The second-order valence-electron chi connectivity index (χ2n) is 9.26. The summed E-state index contributed by atoms with van der Waals surface area (Å²) in [7, 11) is 0. The summed E-state index contributed by atoms with van der Waals surface area (Å²) in [4.78, 5) is 0. The lowest BCUT2D eigenvalue weighted by molar-refractivity contribution is 0.253. The predicted molar refractivity (Wildman–Crippen MR) is 121 cm³/mol. The molecule has 0 nitrogen and oxygen atoms in total. The summed E-state index contributed by atoms with van der Waals surface area (Å²) < 4.78 is 29.3. The Hall–Kier alpha value is -1.44. The molecule has 1 fully saturated rings. The van der Waals surface area contributed by atoms with E-state index in [1.54, 1.807) is 18.2 Å². The van der Waals surface area contributed by atoms with Crippen molar-refractivity contribution in [3.05, 3.63) is 47.0 Å². The summed E-state index contributed by atoms with van der Waals surface area (Å²) in [6, 6.07) is 3.51. The zero-order chi connectivity index (χ0) is 20.6. The van der Waals surface area contributed by atoms with Gasteiger partial charge in [0.25, 0.3) is 0 Å². The molecule has 29 heavy (non-hydrogen) atoms. The molecule has 0 aromatic heterocycles. The van der Waals surface area contributed by atoms with Crippen molar-refractivity contribution >= 4 is 11.6 Å². The number of benzene rings is 1. The fourth-order valence-electron chi connectivity index (χ4n) is 5.20. The minimum absolute atomic E-state index is 0.376. The van der Waals surface area contributed by atoms with Crippen LogP contribution in [0.2, 0.25) is 0 Å². The van der Waals surface area contributed by atoms with Gasteiger partial charge in [0.05, 0.1) is 0 Å². The molecule has 0 N–H and O–H groups in total. The first-order valence-corrected chi connectivity index (χ1v) is 12.0. The molecule has 2 aliphatic rings. The molecule has 0 aliphatic heterocycles. The maximum atomic E-state index is 14.7. The zero-order valence-corrected chi connectivity index (χ0v) is 18.4. The molecule has 1 unspecified atom stereocenters. The second-order valence-corrected chi connectivity index (χ2v) is 9.26. The van der Waals surface area contributed by atoms with Gasteiger partial charge in [0.1, 0.15) is 0 Å². The monoisotopic (exact) mass is 400 g/mol. The minimum Gasteiger partial charge on any atom is -0.203 e. The van der Waals surface area contributed by atoms with Gasteiger partial charge in [0.15, 0.2) is 11.6 Å². The first-order valence-electron chi connectivity index (χ1n) is 12.0. The van der Waals surface area contributed by atoms with Crippen molar-refractivity contribution in [1.29, 1.82) is 0 Å². The Balaban J connectivity index is 1.53. The molecule has 2 aliphatic carbocycles. The van der Waals surface area contributed by atoms with E-state index in [2.05, 4.69) is 19.9 Å². The SMILES string of the molecule is CCCC1CCC(CCC=Cc2ccc(C3=CCC(CC)CC3)c(F)c2F)CC1. The van der Waals surface area contributed by atoms with Crippen LogP contribution in [0.5, 0.6) is 0 Å². The molecule has 0 spiro atoms. The van der Waals surface area contributed by atoms with Crippen LogP contribution in [0.25, 0.3) is 11.6 Å². The van der Waals surface area contributed by atoms with Gasteiger partial charge in [-0.15, -0.1) is 0 Å². The summed E-state index contributed by atoms with van der Waals surface area (Å²) >= 11 is 0. The van der Waals surface area contributed by atoms with Gasteiger partial charge in [0, 0.05) is 11.1 Å². The van der Waals surface area contributed by atoms with Crippen molar-refractivity contribution in [2.24, 2.45) is 17.8 Å². The molecular weight excluding hydrogens is 362 g/mol. The highest BCUT2D eigenvalue weighted by Crippen LogP contribution is 2.35. The highest BCUT2D eigenvalue weighted by atomic mass is 19.2. The number of rotatable bonds is 8. The van der Waals surface area contributed by atoms with Crippen LogP contribution in [0.15, 0.2) is 24.3 Å². The summed E-state index contributed by atoms with van der Waals surface area (Å²) in [5, 5.41) is 0. The van der Waals surface area contributed by atoms with Crippen molar-refractivity contribution in [2.45, 2.75) is 90.9 Å². The van der Waals surface area contributed by atoms with Crippen LogP contribution >= 0.6 is 0 Å². The smallest absolute Gasteiger partial charge is 0.166 e. The third-order valence-electron chi connectivity index (χ3n) is 7.26. The Morgan fingerprint density at radius 3 is 2.24 bits per heavy atom. The molecule has 3 rings (SSSR count). The highest BCUT2D eigenvalue weighted by Gasteiger charge is 2.21. The van der Waals surface area contributed by atoms with Crippen LogP contribution in [0.1, 0.15) is 102 Å². The minimum atomic E-state index is -0.697. The zero-order valence-electron chi connectivity index (χ0n) is 18.4. The van der Waals surface area contributed by atoms with E-state index >= 15 is 0 Å². The van der Waals surface area contributed by atoms with Gasteiger partial charge >= 0.3 is 0 Å². The van der Waals surface area contributed by atoms with Crippen LogP contribution in [-0.4, -0.2) is 0 Å². The molecular formula is C27H38F2. The lowest BCUT2D eigenvalue weighted by Gasteiger charge is -2.28. The molecule has 0 amide bonds. The Kier molecular flexibility index (Phi) is 8.51. The van der Waals surface area contributed by atoms with Crippen LogP contribution in [0, 0.1) is 29.4 Å². The summed E-state index contributed by atoms with van der Waals surface area (Å²) in [5.74, 6) is 1.06. The van der Waals surface area contributed by atoms with Crippen molar-refractivity contribution < 1.29 is 8.78 Å². The van der Waals surface area contributed by atoms with Gasteiger partial charge in [-0.1, -0.05) is 89.2 Å². The Morgan fingerprint density at radius 1 is 0.897 bits per heavy atom. The average molecular weight is 401 g/mol. The number of allylic oxidation sites excluding steroid dienone is 3. The van der Waals surface area contributed by atoms with Gasteiger partial charge in [-0.2, -0.15) is 0 Å². The fraction of sp³-hybridized carbons (Fsp3) is 0.630. The third-order valence-corrected chi connectivity index (χ3v) is 7.26. The third kappa shape index (κ3) is 6.03. The largest absolute Gasteiger partial charge is 0.203 e. The summed E-state index contributed by atoms with van der Waals surface area (Å²) in [6.07, 6.45) is 20.2. The maximum Gasteiger partial charge on any atom is 0.166 e. The van der Waals surface area contributed by atoms with Crippen LogP contribution in [0.3, 0.4) is 0 Å².